The van der Waals surface area contributed by atoms with E-state index in [1.165, 1.54) is 13.8 Å². The van der Waals surface area contributed by atoms with E-state index in [1.807, 2.05) is 0 Å². The number of aliphatic hydroxyl groups excluding tert-OH is 11. The largest absolute Gasteiger partial charge is 0.394 e. The molecule has 4 rings (SSSR count). The maximum Gasteiger partial charge on any atom is 0.197 e. The van der Waals surface area contributed by atoms with E-state index >= 15 is 0 Å². The summed E-state index contributed by atoms with van der Waals surface area (Å²) in [5.74, 6) is -1.94. The summed E-state index contributed by atoms with van der Waals surface area (Å²) in [7, 11) is 0. The predicted octanol–water partition coefficient (Wildman–Crippen LogP) is -7.26. The van der Waals surface area contributed by atoms with Crippen molar-refractivity contribution >= 4 is 0 Å². The molecule has 19 heteroatoms. The summed E-state index contributed by atoms with van der Waals surface area (Å²) in [5.41, 5.74) is -1.99. The van der Waals surface area contributed by atoms with Crippen LogP contribution in [0.2, 0.25) is 0 Å². The molecule has 45 heavy (non-hydrogen) atoms. The molecule has 0 aromatic carbocycles. The van der Waals surface area contributed by atoms with Gasteiger partial charge in [-0.25, -0.2) is 0 Å². The molecule has 4 aliphatic rings. The van der Waals surface area contributed by atoms with Crippen LogP contribution in [-0.2, 0) is 33.2 Å². The molecule has 0 amide bonds. The van der Waals surface area contributed by atoms with E-state index in [9.17, 15) is 61.3 Å². The van der Waals surface area contributed by atoms with Crippen molar-refractivity contribution in [1.29, 1.82) is 0 Å². The average Bonchev–Trinajstić information content (AvgIpc) is 3.01. The fourth-order valence-electron chi connectivity index (χ4n) is 5.79. The lowest BCUT2D eigenvalue weighted by Crippen LogP contribution is -2.68. The number of ether oxygens (including phenoxy) is 7. The van der Waals surface area contributed by atoms with Gasteiger partial charge in [-0.05, 0) is 13.8 Å². The summed E-state index contributed by atoms with van der Waals surface area (Å²) in [5, 5.41) is 124. The molecular weight excluding hydrogens is 616 g/mol. The first-order valence-electron chi connectivity index (χ1n) is 14.6. The number of aliphatic hydroxyl groups is 12. The van der Waals surface area contributed by atoms with Gasteiger partial charge in [0.05, 0.1) is 45.2 Å². The van der Waals surface area contributed by atoms with Gasteiger partial charge in [0.25, 0.3) is 0 Å². The van der Waals surface area contributed by atoms with E-state index in [0.717, 1.165) is 0 Å². The minimum absolute atomic E-state index is 0.0969. The van der Waals surface area contributed by atoms with Crippen molar-refractivity contribution < 1.29 is 94.4 Å². The van der Waals surface area contributed by atoms with Crippen molar-refractivity contribution in [3.05, 3.63) is 0 Å². The van der Waals surface area contributed by atoms with Gasteiger partial charge in [0.1, 0.15) is 78.8 Å². The van der Waals surface area contributed by atoms with Crippen LogP contribution >= 0.6 is 0 Å². The van der Waals surface area contributed by atoms with E-state index in [1.54, 1.807) is 0 Å². The second-order valence-electron chi connectivity index (χ2n) is 12.1. The smallest absolute Gasteiger partial charge is 0.197 e. The third-order valence-corrected chi connectivity index (χ3v) is 9.00. The molecule has 18 atom stereocenters. The van der Waals surface area contributed by atoms with E-state index in [2.05, 4.69) is 0 Å². The molecule has 4 saturated heterocycles. The molecular formula is C26H46O19. The zero-order valence-electron chi connectivity index (χ0n) is 24.7. The quantitative estimate of drug-likeness (QED) is 0.103. The predicted molar refractivity (Wildman–Crippen MR) is 141 cm³/mol. The second kappa shape index (κ2) is 14.8. The molecule has 19 nitrogen and oxygen atoms in total. The van der Waals surface area contributed by atoms with Crippen LogP contribution in [0.4, 0.5) is 0 Å². The second-order valence-corrected chi connectivity index (χ2v) is 12.1. The molecule has 4 aliphatic heterocycles. The summed E-state index contributed by atoms with van der Waals surface area (Å²) in [6, 6.07) is 0. The summed E-state index contributed by atoms with van der Waals surface area (Å²) in [4.78, 5) is 0. The van der Waals surface area contributed by atoms with Gasteiger partial charge in [0, 0.05) is 6.42 Å². The van der Waals surface area contributed by atoms with E-state index in [-0.39, 0.29) is 13.0 Å². The normalized spacial score (nSPS) is 52.9. The number of hydrogen-bond donors (Lipinski definition) is 12. The summed E-state index contributed by atoms with van der Waals surface area (Å²) < 4.78 is 39.0. The number of hydrogen-bond acceptors (Lipinski definition) is 19. The van der Waals surface area contributed by atoms with Crippen LogP contribution in [0.1, 0.15) is 20.3 Å². The van der Waals surface area contributed by atoms with Crippen molar-refractivity contribution in [1.82, 2.24) is 0 Å². The first-order valence-corrected chi connectivity index (χ1v) is 14.6. The molecule has 0 radical (unpaired) electrons. The van der Waals surface area contributed by atoms with Gasteiger partial charge >= 0.3 is 0 Å². The molecule has 0 aliphatic carbocycles. The van der Waals surface area contributed by atoms with E-state index in [4.69, 9.17) is 33.2 Å². The summed E-state index contributed by atoms with van der Waals surface area (Å²) in [6.45, 7) is -0.355. The molecule has 12 N–H and O–H groups in total. The van der Waals surface area contributed by atoms with Crippen molar-refractivity contribution in [2.24, 2.45) is 0 Å². The Morgan fingerprint density at radius 1 is 0.667 bits per heavy atom. The molecule has 0 saturated carbocycles. The molecule has 0 aromatic rings. The van der Waals surface area contributed by atoms with E-state index in [0.29, 0.717) is 0 Å². The summed E-state index contributed by atoms with van der Waals surface area (Å²) >= 11 is 0. The standard InChI is InChI=1S/C26H46O19/c1-25(38)14(31)3-9(4-27)45-26(25,2)40-8-13-16(33)17(34)19(36)23(42-13)44-22-12(6-29)41-24(20(37)18(22)35)43-21-11(5-28)39-7-10(30)15(21)32/h9-24,27-38H,3-8H2,1-2H3/t9-,10-,11+,12+,13+,14-,15+,16+,17-,18+,19+,20+,21+,22+,23+,24+,25-,26-/m0/s1. The van der Waals surface area contributed by atoms with Crippen molar-refractivity contribution in [3.63, 3.8) is 0 Å². The molecule has 4 fully saturated rings. The minimum atomic E-state index is -1.99. The Kier molecular flexibility index (Phi) is 12.2. The van der Waals surface area contributed by atoms with Crippen LogP contribution in [0.5, 0.6) is 0 Å². The Hall–Kier alpha value is -0.760. The van der Waals surface area contributed by atoms with Crippen LogP contribution in [0.15, 0.2) is 0 Å². The van der Waals surface area contributed by atoms with Crippen LogP contribution in [0.25, 0.3) is 0 Å². The highest BCUT2D eigenvalue weighted by atomic mass is 16.8. The van der Waals surface area contributed by atoms with Crippen molar-refractivity contribution in [2.45, 2.75) is 130 Å². The van der Waals surface area contributed by atoms with Crippen molar-refractivity contribution in [3.8, 4) is 0 Å². The van der Waals surface area contributed by atoms with Gasteiger partial charge in [-0.15, -0.1) is 0 Å². The SMILES string of the molecule is C[C@]1(OC[C@H]2O[C@H](O[C@H]3[C@H](O)[C@@H](O)[C@@H](O[C@H]4[C@H](O)[C@@H](O)CO[C@@H]4CO)O[C@@H]3CO)[C@H](O)[C@@H](O)[C@@H]2O)O[C@H](CO)C[C@H](O)[C@]1(C)O. The van der Waals surface area contributed by atoms with E-state index < -0.39 is 136 Å². The van der Waals surface area contributed by atoms with Gasteiger partial charge in [-0.3, -0.25) is 0 Å². The summed E-state index contributed by atoms with van der Waals surface area (Å²) in [6.07, 6.45) is -25.4. The molecule has 0 unspecified atom stereocenters. The first kappa shape index (κ1) is 37.1. The molecule has 0 bridgehead atoms. The lowest BCUT2D eigenvalue weighted by atomic mass is 9.83. The average molecular weight is 663 g/mol. The van der Waals surface area contributed by atoms with Crippen LogP contribution in [-0.4, -0.2) is 204 Å². The maximum absolute atomic E-state index is 10.9. The fourth-order valence-corrected chi connectivity index (χ4v) is 5.79. The Bertz CT molecular complexity index is 940. The Morgan fingerprint density at radius 2 is 1.22 bits per heavy atom. The maximum atomic E-state index is 10.9. The van der Waals surface area contributed by atoms with Gasteiger partial charge < -0.3 is 94.4 Å². The Labute approximate surface area is 257 Å². The molecule has 0 aromatic heterocycles. The zero-order chi connectivity index (χ0) is 33.4. The third-order valence-electron chi connectivity index (χ3n) is 9.00. The fraction of sp³-hybridized carbons (Fsp3) is 1.00. The first-order chi connectivity index (χ1) is 21.1. The monoisotopic (exact) mass is 662 g/mol. The van der Waals surface area contributed by atoms with Gasteiger partial charge in [-0.2, -0.15) is 0 Å². The lowest BCUT2D eigenvalue weighted by Gasteiger charge is -2.51. The van der Waals surface area contributed by atoms with Gasteiger partial charge in [0.15, 0.2) is 18.4 Å². The zero-order valence-corrected chi connectivity index (χ0v) is 24.7. The number of rotatable bonds is 10. The highest BCUT2D eigenvalue weighted by Gasteiger charge is 2.57. The third kappa shape index (κ3) is 7.32. The molecule has 264 valence electrons. The lowest BCUT2D eigenvalue weighted by molar-refractivity contribution is -0.391. The Morgan fingerprint density at radius 3 is 1.80 bits per heavy atom. The van der Waals surface area contributed by atoms with Crippen molar-refractivity contribution in [2.75, 3.05) is 33.0 Å². The van der Waals surface area contributed by atoms with Gasteiger partial charge in [0.2, 0.25) is 0 Å². The van der Waals surface area contributed by atoms with Crippen LogP contribution in [0.3, 0.4) is 0 Å². The van der Waals surface area contributed by atoms with Crippen LogP contribution in [0, 0.1) is 0 Å². The van der Waals surface area contributed by atoms with Gasteiger partial charge in [-0.1, -0.05) is 0 Å². The molecule has 4 heterocycles. The topological polar surface area (TPSA) is 307 Å². The van der Waals surface area contributed by atoms with Crippen LogP contribution < -0.4 is 0 Å². The minimum Gasteiger partial charge on any atom is -0.394 e. The highest BCUT2D eigenvalue weighted by molar-refractivity contribution is 5.01. The highest BCUT2D eigenvalue weighted by Crippen LogP contribution is 2.39. The Balaban J connectivity index is 1.44. The molecule has 0 spiro atoms.